The normalized spacial score (nSPS) is 20.6. The van der Waals surface area contributed by atoms with Gasteiger partial charge in [-0.1, -0.05) is 0 Å². The Kier molecular flexibility index (Phi) is 6.45. The van der Waals surface area contributed by atoms with Crippen LogP contribution in [-0.4, -0.2) is 70.4 Å². The highest BCUT2D eigenvalue weighted by atomic mass is 19.1. The van der Waals surface area contributed by atoms with E-state index >= 15 is 0 Å². The van der Waals surface area contributed by atoms with Crippen LogP contribution in [0, 0.1) is 17.7 Å². The molecule has 180 valence electrons. The van der Waals surface area contributed by atoms with Gasteiger partial charge < -0.3 is 14.5 Å². The van der Waals surface area contributed by atoms with Crippen LogP contribution in [0.25, 0.3) is 11.3 Å². The summed E-state index contributed by atoms with van der Waals surface area (Å²) in [5.41, 5.74) is 0.106. The van der Waals surface area contributed by atoms with E-state index in [-0.39, 0.29) is 54.0 Å². The van der Waals surface area contributed by atoms with E-state index in [2.05, 4.69) is 14.7 Å². The second kappa shape index (κ2) is 9.32. The van der Waals surface area contributed by atoms with Crippen molar-refractivity contribution in [1.29, 1.82) is 0 Å². The van der Waals surface area contributed by atoms with E-state index in [0.29, 0.717) is 19.0 Å². The van der Waals surface area contributed by atoms with E-state index < -0.39 is 23.5 Å². The smallest absolute Gasteiger partial charge is 0.305 e. The molecule has 1 aliphatic heterocycles. The predicted molar refractivity (Wildman–Crippen MR) is 119 cm³/mol. The molecule has 3 heterocycles. The molecule has 1 aliphatic carbocycles. The van der Waals surface area contributed by atoms with Crippen LogP contribution in [-0.2, 0) is 26.2 Å². The van der Waals surface area contributed by atoms with Crippen LogP contribution in [0.15, 0.2) is 29.3 Å². The van der Waals surface area contributed by atoms with Crippen molar-refractivity contribution >= 4 is 23.6 Å². The van der Waals surface area contributed by atoms with Gasteiger partial charge >= 0.3 is 5.97 Å². The molecule has 0 spiro atoms. The molecule has 2 aromatic heterocycles. The molecular weight excluding hydrogens is 445 g/mol. The maximum absolute atomic E-state index is 14.2. The highest BCUT2D eigenvalue weighted by molar-refractivity contribution is 6.36. The van der Waals surface area contributed by atoms with Crippen molar-refractivity contribution in [2.45, 2.75) is 25.3 Å². The van der Waals surface area contributed by atoms with Gasteiger partial charge in [0, 0.05) is 75.7 Å². The van der Waals surface area contributed by atoms with E-state index in [1.165, 1.54) is 30.0 Å². The van der Waals surface area contributed by atoms with Crippen molar-refractivity contribution in [2.24, 2.45) is 18.9 Å². The Labute approximate surface area is 195 Å². The average Bonchev–Trinajstić information content (AvgIpc) is 3.32. The van der Waals surface area contributed by atoms with E-state index in [9.17, 15) is 23.6 Å². The number of ether oxygens (including phenoxy) is 1. The number of halogens is 1. The number of nitrogens with zero attached hydrogens (tertiary/aromatic N) is 5. The van der Waals surface area contributed by atoms with Gasteiger partial charge in [0.1, 0.15) is 0 Å². The summed E-state index contributed by atoms with van der Waals surface area (Å²) >= 11 is 0. The van der Waals surface area contributed by atoms with Crippen LogP contribution >= 0.6 is 0 Å². The number of Topliss-reactive ketones (excluding diaryl/α,β-unsaturated/α-hetero) is 1. The van der Waals surface area contributed by atoms with Gasteiger partial charge in [-0.15, -0.1) is 0 Å². The van der Waals surface area contributed by atoms with Gasteiger partial charge in [0.15, 0.2) is 5.82 Å². The highest BCUT2D eigenvalue weighted by Gasteiger charge is 2.59. The second-order valence-corrected chi connectivity index (χ2v) is 8.69. The van der Waals surface area contributed by atoms with E-state index in [1.54, 1.807) is 11.9 Å². The number of rotatable bonds is 8. The molecule has 0 unspecified atom stereocenters. The predicted octanol–water partition coefficient (Wildman–Crippen LogP) is 0.787. The van der Waals surface area contributed by atoms with E-state index in [1.807, 2.05) is 11.9 Å². The van der Waals surface area contributed by atoms with Crippen LogP contribution in [0.1, 0.15) is 19.3 Å². The van der Waals surface area contributed by atoms with Crippen LogP contribution in [0.3, 0.4) is 0 Å². The summed E-state index contributed by atoms with van der Waals surface area (Å²) in [4.78, 5) is 60.1. The van der Waals surface area contributed by atoms with Crippen molar-refractivity contribution in [3.63, 3.8) is 0 Å². The average molecular weight is 471 g/mol. The standard InChI is InChI=1S/C23H26FN5O5/c1-27-19(31)9-17(13-7-8-25-10-16(13)24)26-23(27)28(2)21-14-11-29(12-15(14)21)22(33)18(30)5-4-6-20(32)34-3/h7-10,14-15,21H,4-6,11-12H2,1-3H3/t14-,15+,21+. The van der Waals surface area contributed by atoms with Gasteiger partial charge in [-0.2, -0.15) is 0 Å². The number of fused-ring (bicyclic) bond motifs is 1. The van der Waals surface area contributed by atoms with E-state index in [4.69, 9.17) is 0 Å². The van der Waals surface area contributed by atoms with Gasteiger partial charge in [0.25, 0.3) is 11.5 Å². The summed E-state index contributed by atoms with van der Waals surface area (Å²) in [6.07, 6.45) is 2.90. The fourth-order valence-corrected chi connectivity index (χ4v) is 4.71. The minimum absolute atomic E-state index is 0.00743. The number of pyridine rings is 1. The van der Waals surface area contributed by atoms with Gasteiger partial charge in [-0.05, 0) is 12.5 Å². The van der Waals surface area contributed by atoms with Gasteiger partial charge in [-0.25, -0.2) is 9.37 Å². The summed E-state index contributed by atoms with van der Waals surface area (Å²) in [7, 11) is 4.71. The van der Waals surface area contributed by atoms with Gasteiger partial charge in [0.2, 0.25) is 11.7 Å². The van der Waals surface area contributed by atoms with Crippen molar-refractivity contribution < 1.29 is 23.5 Å². The third kappa shape index (κ3) is 4.42. The number of methoxy groups -OCH3 is 1. The summed E-state index contributed by atoms with van der Waals surface area (Å²) in [5.74, 6) is -1.32. The van der Waals surface area contributed by atoms with Crippen molar-refractivity contribution in [3.05, 3.63) is 40.7 Å². The van der Waals surface area contributed by atoms with Crippen molar-refractivity contribution in [3.8, 4) is 11.3 Å². The third-order valence-corrected chi connectivity index (χ3v) is 6.61. The molecule has 2 fully saturated rings. The first-order valence-corrected chi connectivity index (χ1v) is 11.0. The molecule has 2 aliphatic rings. The maximum atomic E-state index is 14.2. The number of carbonyl (C=O) groups excluding carboxylic acids is 3. The molecule has 0 aromatic carbocycles. The first-order chi connectivity index (χ1) is 16.2. The number of hydrogen-bond acceptors (Lipinski definition) is 8. The zero-order chi connectivity index (χ0) is 24.6. The van der Waals surface area contributed by atoms with Crippen LogP contribution in [0.2, 0.25) is 0 Å². The number of likely N-dealkylation sites (tertiary alicyclic amines) is 1. The van der Waals surface area contributed by atoms with Crippen LogP contribution in [0.4, 0.5) is 10.3 Å². The quantitative estimate of drug-likeness (QED) is 0.410. The van der Waals surface area contributed by atoms with Gasteiger partial charge in [-0.3, -0.25) is 28.7 Å². The first-order valence-electron chi connectivity index (χ1n) is 11.0. The number of hydrogen-bond donors (Lipinski definition) is 0. The molecule has 11 heteroatoms. The van der Waals surface area contributed by atoms with E-state index in [0.717, 1.165) is 6.20 Å². The Morgan fingerprint density at radius 3 is 2.59 bits per heavy atom. The molecule has 10 nitrogen and oxygen atoms in total. The highest BCUT2D eigenvalue weighted by Crippen LogP contribution is 2.49. The summed E-state index contributed by atoms with van der Waals surface area (Å²) < 4.78 is 20.2. The fraction of sp³-hybridized carbons (Fsp3) is 0.478. The lowest BCUT2D eigenvalue weighted by atomic mass is 10.1. The molecular formula is C23H26FN5O5. The number of amides is 1. The number of carbonyl (C=O) groups is 3. The molecule has 4 rings (SSSR count). The third-order valence-electron chi connectivity index (χ3n) is 6.61. The number of ketones is 1. The molecule has 1 amide bonds. The fourth-order valence-electron chi connectivity index (χ4n) is 4.71. The molecule has 0 bridgehead atoms. The Bertz CT molecular complexity index is 1190. The molecule has 34 heavy (non-hydrogen) atoms. The van der Waals surface area contributed by atoms with Crippen molar-refractivity contribution in [1.82, 2.24) is 19.4 Å². The minimum Gasteiger partial charge on any atom is -0.469 e. The minimum atomic E-state index is -0.564. The number of esters is 1. The number of aromatic nitrogens is 3. The molecule has 1 saturated heterocycles. The van der Waals surface area contributed by atoms with Crippen LogP contribution < -0.4 is 10.5 Å². The van der Waals surface area contributed by atoms with Gasteiger partial charge in [0.05, 0.1) is 19.0 Å². The Morgan fingerprint density at radius 1 is 1.24 bits per heavy atom. The Hall–Kier alpha value is -3.63. The Morgan fingerprint density at radius 2 is 1.94 bits per heavy atom. The largest absolute Gasteiger partial charge is 0.469 e. The second-order valence-electron chi connectivity index (χ2n) is 8.69. The molecule has 1 saturated carbocycles. The summed E-state index contributed by atoms with van der Waals surface area (Å²) in [5, 5.41) is 0. The summed E-state index contributed by atoms with van der Waals surface area (Å²) in [6, 6.07) is 2.81. The van der Waals surface area contributed by atoms with Crippen molar-refractivity contribution in [2.75, 3.05) is 32.1 Å². The Balaban J connectivity index is 1.41. The lowest BCUT2D eigenvalue weighted by Crippen LogP contribution is -2.40. The monoisotopic (exact) mass is 471 g/mol. The molecule has 3 atom stereocenters. The zero-order valence-corrected chi connectivity index (χ0v) is 19.2. The zero-order valence-electron chi connectivity index (χ0n) is 19.2. The first kappa shape index (κ1) is 23.5. The number of piperidine rings is 1. The SMILES string of the molecule is COC(=O)CCCC(=O)C(=O)N1C[C@@H]2[C@H](C1)[C@H]2N(C)c1nc(-c2ccncc2F)cc(=O)n1C. The molecule has 0 N–H and O–H groups in total. The molecule has 0 radical (unpaired) electrons. The number of anilines is 1. The lowest BCUT2D eigenvalue weighted by Gasteiger charge is -2.26. The maximum Gasteiger partial charge on any atom is 0.305 e. The van der Waals surface area contributed by atoms with Crippen LogP contribution in [0.5, 0.6) is 0 Å². The topological polar surface area (TPSA) is 115 Å². The lowest BCUT2D eigenvalue weighted by molar-refractivity contribution is -0.145. The summed E-state index contributed by atoms with van der Waals surface area (Å²) in [6.45, 7) is 0.877. The molecule has 2 aromatic rings.